The summed E-state index contributed by atoms with van der Waals surface area (Å²) >= 11 is 0. The molecule has 0 radical (unpaired) electrons. The first kappa shape index (κ1) is 24.1. The van der Waals surface area contributed by atoms with Crippen LogP contribution >= 0.6 is 0 Å². The minimum absolute atomic E-state index is 0.0321. The standard InChI is InChI=1S/C14H15NO7.C10H8/c1-5-7(11(15-3)22-4)8(12(16)17)6(2)10(14(20)21)9(5)13(18)19;1-2-6-10-8-4-3-7-9(10)5-1/h1-4H3,(H,16,17)(H,18,19)(H,20,21);1-8H. The summed E-state index contributed by atoms with van der Waals surface area (Å²) in [6.45, 7) is 2.56. The Balaban J connectivity index is 0.000000297. The Labute approximate surface area is 184 Å². The third-order valence-corrected chi connectivity index (χ3v) is 4.91. The summed E-state index contributed by atoms with van der Waals surface area (Å²) in [5, 5.41) is 30.6. The zero-order valence-corrected chi connectivity index (χ0v) is 18.0. The molecule has 0 fully saturated rings. The van der Waals surface area contributed by atoms with Gasteiger partial charge in [-0.2, -0.15) is 0 Å². The van der Waals surface area contributed by atoms with Gasteiger partial charge in [-0.3, -0.25) is 4.99 Å². The molecule has 166 valence electrons. The lowest BCUT2D eigenvalue weighted by atomic mass is 9.87. The summed E-state index contributed by atoms with van der Waals surface area (Å²) in [4.78, 5) is 38.1. The first-order chi connectivity index (χ1) is 15.1. The van der Waals surface area contributed by atoms with Gasteiger partial charge in [-0.05, 0) is 35.7 Å². The van der Waals surface area contributed by atoms with E-state index in [-0.39, 0.29) is 28.2 Å². The normalized spacial score (nSPS) is 10.8. The van der Waals surface area contributed by atoms with Crippen LogP contribution in [0, 0.1) is 13.8 Å². The highest BCUT2D eigenvalue weighted by Gasteiger charge is 2.31. The van der Waals surface area contributed by atoms with Crippen LogP contribution < -0.4 is 0 Å². The third kappa shape index (κ3) is 4.75. The second-order valence-corrected chi connectivity index (χ2v) is 6.75. The molecule has 0 atom stereocenters. The number of methoxy groups -OCH3 is 1. The second kappa shape index (κ2) is 10.2. The molecule has 0 aromatic heterocycles. The molecule has 0 aliphatic carbocycles. The predicted octanol–water partition coefficient (Wildman–Crippen LogP) is 4.26. The average Bonchev–Trinajstić information content (AvgIpc) is 2.76. The number of carboxylic acid groups (broad SMARTS) is 3. The van der Waals surface area contributed by atoms with E-state index in [0.29, 0.717) is 0 Å². The van der Waals surface area contributed by atoms with Crippen molar-refractivity contribution in [2.45, 2.75) is 13.8 Å². The molecule has 0 unspecified atom stereocenters. The predicted molar refractivity (Wildman–Crippen MR) is 120 cm³/mol. The summed E-state index contributed by atoms with van der Waals surface area (Å²) in [5.41, 5.74) is -1.63. The molecule has 3 aromatic rings. The lowest BCUT2D eigenvalue weighted by Gasteiger charge is -2.18. The van der Waals surface area contributed by atoms with E-state index in [4.69, 9.17) is 4.74 Å². The third-order valence-electron chi connectivity index (χ3n) is 4.91. The molecule has 0 amide bonds. The van der Waals surface area contributed by atoms with Gasteiger partial charge in [0.1, 0.15) is 0 Å². The molecule has 0 bridgehead atoms. The van der Waals surface area contributed by atoms with Gasteiger partial charge >= 0.3 is 17.9 Å². The van der Waals surface area contributed by atoms with Crippen molar-refractivity contribution in [1.82, 2.24) is 0 Å². The zero-order valence-electron chi connectivity index (χ0n) is 18.0. The number of hydrogen-bond donors (Lipinski definition) is 3. The summed E-state index contributed by atoms with van der Waals surface area (Å²) in [7, 11) is 2.61. The van der Waals surface area contributed by atoms with E-state index in [0.717, 1.165) is 0 Å². The lowest BCUT2D eigenvalue weighted by Crippen LogP contribution is -2.22. The van der Waals surface area contributed by atoms with Crippen LogP contribution in [0.25, 0.3) is 10.8 Å². The largest absolute Gasteiger partial charge is 0.481 e. The molecular formula is C24H23NO7. The summed E-state index contributed by atoms with van der Waals surface area (Å²) in [6, 6.07) is 16.7. The highest BCUT2D eigenvalue weighted by molar-refractivity contribution is 6.13. The van der Waals surface area contributed by atoms with Crippen molar-refractivity contribution >= 4 is 34.6 Å². The smallest absolute Gasteiger partial charge is 0.336 e. The lowest BCUT2D eigenvalue weighted by molar-refractivity contribution is 0.0647. The monoisotopic (exact) mass is 437 g/mol. The SMILES string of the molecule is CN=C(OC)c1c(C)c(C(=O)O)c(C(=O)O)c(C)c1C(=O)O.c1ccc2ccccc2c1. The van der Waals surface area contributed by atoms with Crippen molar-refractivity contribution in [2.75, 3.05) is 14.2 Å². The first-order valence-electron chi connectivity index (χ1n) is 9.47. The summed E-state index contributed by atoms with van der Waals surface area (Å²) in [5.74, 6) is -4.46. The summed E-state index contributed by atoms with van der Waals surface area (Å²) < 4.78 is 4.99. The van der Waals surface area contributed by atoms with E-state index >= 15 is 0 Å². The molecule has 0 spiro atoms. The second-order valence-electron chi connectivity index (χ2n) is 6.75. The van der Waals surface area contributed by atoms with E-state index in [9.17, 15) is 29.7 Å². The molecule has 0 saturated heterocycles. The molecule has 0 saturated carbocycles. The van der Waals surface area contributed by atoms with Crippen LogP contribution in [0.4, 0.5) is 0 Å². The number of aliphatic imine (C=N–C) groups is 1. The van der Waals surface area contributed by atoms with Gasteiger partial charge in [-0.15, -0.1) is 0 Å². The maximum atomic E-state index is 11.5. The Morgan fingerprint density at radius 3 is 1.28 bits per heavy atom. The van der Waals surface area contributed by atoms with E-state index in [1.54, 1.807) is 0 Å². The number of carboxylic acids is 3. The van der Waals surface area contributed by atoms with Crippen LogP contribution in [0.2, 0.25) is 0 Å². The van der Waals surface area contributed by atoms with Gasteiger partial charge in [0.25, 0.3) is 0 Å². The van der Waals surface area contributed by atoms with Crippen molar-refractivity contribution in [3.05, 3.63) is 81.9 Å². The number of aromatic carboxylic acids is 3. The van der Waals surface area contributed by atoms with Crippen LogP contribution in [0.5, 0.6) is 0 Å². The van der Waals surface area contributed by atoms with Crippen LogP contribution in [0.3, 0.4) is 0 Å². The minimum Gasteiger partial charge on any atom is -0.481 e. The zero-order chi connectivity index (χ0) is 24.0. The molecule has 0 heterocycles. The van der Waals surface area contributed by atoms with E-state index in [1.807, 2.05) is 0 Å². The Kier molecular flexibility index (Phi) is 7.68. The van der Waals surface area contributed by atoms with Gasteiger partial charge in [0, 0.05) is 7.05 Å². The van der Waals surface area contributed by atoms with Gasteiger partial charge in [-0.25, -0.2) is 14.4 Å². The minimum atomic E-state index is -1.51. The fourth-order valence-corrected chi connectivity index (χ4v) is 3.51. The number of nitrogens with zero attached hydrogens (tertiary/aromatic N) is 1. The van der Waals surface area contributed by atoms with Crippen LogP contribution in [0.15, 0.2) is 53.5 Å². The number of rotatable bonds is 4. The van der Waals surface area contributed by atoms with Crippen molar-refractivity contribution in [3.8, 4) is 0 Å². The maximum absolute atomic E-state index is 11.5. The Morgan fingerprint density at radius 1 is 0.688 bits per heavy atom. The van der Waals surface area contributed by atoms with Gasteiger partial charge in [0.05, 0.1) is 29.4 Å². The molecule has 3 aromatic carbocycles. The van der Waals surface area contributed by atoms with Gasteiger partial charge < -0.3 is 20.1 Å². The molecule has 8 heteroatoms. The Hall–Kier alpha value is -4.20. The molecule has 0 aliphatic heterocycles. The highest BCUT2D eigenvalue weighted by atomic mass is 16.5. The fraction of sp³-hybridized carbons (Fsp3) is 0.167. The van der Waals surface area contributed by atoms with E-state index < -0.39 is 29.0 Å². The van der Waals surface area contributed by atoms with Gasteiger partial charge in [0.15, 0.2) is 0 Å². The van der Waals surface area contributed by atoms with Crippen molar-refractivity contribution in [1.29, 1.82) is 0 Å². The summed E-state index contributed by atoms with van der Waals surface area (Å²) in [6.07, 6.45) is 0. The number of benzene rings is 3. The maximum Gasteiger partial charge on any atom is 0.336 e. The topological polar surface area (TPSA) is 133 Å². The molecule has 3 N–H and O–H groups in total. The van der Waals surface area contributed by atoms with Crippen molar-refractivity contribution < 1.29 is 34.4 Å². The molecule has 32 heavy (non-hydrogen) atoms. The van der Waals surface area contributed by atoms with Crippen LogP contribution in [-0.2, 0) is 4.74 Å². The highest BCUT2D eigenvalue weighted by Crippen LogP contribution is 2.29. The number of carbonyl (C=O) groups is 3. The Morgan fingerprint density at radius 2 is 1.00 bits per heavy atom. The van der Waals surface area contributed by atoms with Gasteiger partial charge in [0.2, 0.25) is 5.90 Å². The number of fused-ring (bicyclic) bond motifs is 1. The van der Waals surface area contributed by atoms with E-state index in [1.165, 1.54) is 38.8 Å². The molecule has 3 rings (SSSR count). The van der Waals surface area contributed by atoms with Gasteiger partial charge in [-0.1, -0.05) is 48.5 Å². The van der Waals surface area contributed by atoms with E-state index in [2.05, 4.69) is 53.5 Å². The van der Waals surface area contributed by atoms with Crippen LogP contribution in [-0.4, -0.2) is 53.3 Å². The molecule has 0 aliphatic rings. The van der Waals surface area contributed by atoms with Crippen molar-refractivity contribution in [2.24, 2.45) is 4.99 Å². The number of ether oxygens (including phenoxy) is 1. The quantitative estimate of drug-likeness (QED) is 0.410. The number of hydrogen-bond acceptors (Lipinski definition) is 5. The van der Waals surface area contributed by atoms with Crippen molar-refractivity contribution in [3.63, 3.8) is 0 Å². The fourth-order valence-electron chi connectivity index (χ4n) is 3.51. The first-order valence-corrected chi connectivity index (χ1v) is 9.47. The molecular weight excluding hydrogens is 414 g/mol. The Bertz CT molecular complexity index is 1160. The average molecular weight is 437 g/mol. The van der Waals surface area contributed by atoms with Crippen LogP contribution in [0.1, 0.15) is 47.8 Å². The molecule has 8 nitrogen and oxygen atoms in total.